The summed E-state index contributed by atoms with van der Waals surface area (Å²) in [5.41, 5.74) is 7.30. The van der Waals surface area contributed by atoms with E-state index in [1.807, 2.05) is 54.6 Å². The van der Waals surface area contributed by atoms with Crippen LogP contribution >= 0.6 is 0 Å². The van der Waals surface area contributed by atoms with Crippen molar-refractivity contribution in [2.75, 3.05) is 0 Å². The minimum absolute atomic E-state index is 0.457. The van der Waals surface area contributed by atoms with Gasteiger partial charge in [-0.1, -0.05) is 42.5 Å². The van der Waals surface area contributed by atoms with Gasteiger partial charge in [0.2, 0.25) is 5.91 Å². The van der Waals surface area contributed by atoms with E-state index in [1.54, 1.807) is 0 Å². The Morgan fingerprint density at radius 1 is 1.13 bits per heavy atom. The van der Waals surface area contributed by atoms with E-state index in [2.05, 4.69) is 5.32 Å². The third kappa shape index (κ3) is 5.39. The minimum Gasteiger partial charge on any atom is -0.489 e. The molecule has 23 heavy (non-hydrogen) atoms. The Labute approximate surface area is 136 Å². The van der Waals surface area contributed by atoms with Crippen molar-refractivity contribution in [3.63, 3.8) is 0 Å². The lowest BCUT2D eigenvalue weighted by Crippen LogP contribution is -2.47. The average molecular weight is 314 g/mol. The van der Waals surface area contributed by atoms with Crippen molar-refractivity contribution in [3.8, 4) is 5.75 Å². The van der Waals surface area contributed by atoms with Crippen LogP contribution < -0.4 is 15.8 Å². The normalized spacial score (nSPS) is 13.3. The first kappa shape index (κ1) is 17.0. The van der Waals surface area contributed by atoms with Gasteiger partial charge in [-0.15, -0.1) is 0 Å². The van der Waals surface area contributed by atoms with E-state index in [0.29, 0.717) is 13.2 Å². The molecule has 0 bridgehead atoms. The van der Waals surface area contributed by atoms with Gasteiger partial charge >= 0.3 is 0 Å². The largest absolute Gasteiger partial charge is 0.489 e. The monoisotopic (exact) mass is 314 g/mol. The predicted molar refractivity (Wildman–Crippen MR) is 88.7 cm³/mol. The molecule has 0 heterocycles. The first-order valence-electron chi connectivity index (χ1n) is 7.52. The maximum absolute atomic E-state index is 11.2. The number of aliphatic hydroxyl groups is 1. The summed E-state index contributed by atoms with van der Waals surface area (Å²) in [5, 5.41) is 12.5. The number of carbonyl (C=O) groups is 1. The zero-order valence-electron chi connectivity index (χ0n) is 13.1. The number of ether oxygens (including phenoxy) is 1. The number of hydrogen-bond acceptors (Lipinski definition) is 4. The summed E-state index contributed by atoms with van der Waals surface area (Å²) in [4.78, 5) is 11.2. The quantitative estimate of drug-likeness (QED) is 0.691. The van der Waals surface area contributed by atoms with Gasteiger partial charge in [-0.3, -0.25) is 10.1 Å². The lowest BCUT2D eigenvalue weighted by molar-refractivity contribution is -0.122. The van der Waals surface area contributed by atoms with Crippen LogP contribution in [-0.4, -0.2) is 23.2 Å². The van der Waals surface area contributed by atoms with E-state index in [9.17, 15) is 9.90 Å². The second-order valence-corrected chi connectivity index (χ2v) is 5.42. The van der Waals surface area contributed by atoms with Crippen LogP contribution in [0.2, 0.25) is 0 Å². The number of aliphatic hydroxyl groups excluding tert-OH is 1. The molecule has 0 aromatic heterocycles. The molecule has 2 aromatic rings. The van der Waals surface area contributed by atoms with Gasteiger partial charge in [-0.2, -0.15) is 0 Å². The number of carbonyl (C=O) groups excluding carboxylic acids is 1. The van der Waals surface area contributed by atoms with Gasteiger partial charge in [-0.25, -0.2) is 0 Å². The highest BCUT2D eigenvalue weighted by Crippen LogP contribution is 2.12. The van der Waals surface area contributed by atoms with Gasteiger partial charge in [0, 0.05) is 6.54 Å². The van der Waals surface area contributed by atoms with E-state index < -0.39 is 18.1 Å². The molecule has 2 rings (SSSR count). The van der Waals surface area contributed by atoms with Gasteiger partial charge in [0.15, 0.2) is 0 Å². The average Bonchev–Trinajstić information content (AvgIpc) is 2.54. The summed E-state index contributed by atoms with van der Waals surface area (Å²) in [5.74, 6) is 0.271. The number of amides is 1. The van der Waals surface area contributed by atoms with Crippen molar-refractivity contribution in [1.29, 1.82) is 0 Å². The Kier molecular flexibility index (Phi) is 6.14. The number of rotatable bonds is 8. The lowest BCUT2D eigenvalue weighted by atomic mass is 10.1. The van der Waals surface area contributed by atoms with Crippen LogP contribution in [0.25, 0.3) is 0 Å². The summed E-state index contributed by atoms with van der Waals surface area (Å²) in [6, 6.07) is 16.7. The molecule has 0 aliphatic carbocycles. The van der Waals surface area contributed by atoms with E-state index in [0.717, 1.165) is 16.9 Å². The Bertz CT molecular complexity index is 612. The fourth-order valence-corrected chi connectivity index (χ4v) is 2.17. The molecular formula is C18H22N2O3. The molecule has 4 N–H and O–H groups in total. The molecule has 122 valence electrons. The second-order valence-electron chi connectivity index (χ2n) is 5.42. The van der Waals surface area contributed by atoms with Gasteiger partial charge in [0.05, 0.1) is 6.10 Å². The molecule has 2 aromatic carbocycles. The predicted octanol–water partition coefficient (Wildman–Crippen LogP) is 1.59. The maximum Gasteiger partial charge on any atom is 0.237 e. The second kappa shape index (κ2) is 8.31. The smallest absolute Gasteiger partial charge is 0.237 e. The van der Waals surface area contributed by atoms with Crippen LogP contribution in [-0.2, 0) is 17.9 Å². The molecule has 5 heteroatoms. The van der Waals surface area contributed by atoms with E-state index in [4.69, 9.17) is 10.5 Å². The first-order valence-corrected chi connectivity index (χ1v) is 7.52. The molecule has 0 fully saturated rings. The molecule has 0 radical (unpaired) electrons. The third-order valence-corrected chi connectivity index (χ3v) is 3.49. The summed E-state index contributed by atoms with van der Waals surface area (Å²) in [6.45, 7) is 2.49. The van der Waals surface area contributed by atoms with Gasteiger partial charge in [0.1, 0.15) is 18.4 Å². The lowest BCUT2D eigenvalue weighted by Gasteiger charge is -2.18. The zero-order valence-corrected chi connectivity index (χ0v) is 13.1. The molecule has 2 atom stereocenters. The Balaban J connectivity index is 1.85. The molecule has 0 aliphatic heterocycles. The minimum atomic E-state index is -0.828. The number of benzene rings is 2. The van der Waals surface area contributed by atoms with Gasteiger partial charge in [0.25, 0.3) is 0 Å². The molecule has 0 saturated carbocycles. The van der Waals surface area contributed by atoms with Crippen molar-refractivity contribution in [2.24, 2.45) is 5.73 Å². The van der Waals surface area contributed by atoms with E-state index in [1.165, 1.54) is 6.92 Å². The fourth-order valence-electron chi connectivity index (χ4n) is 2.17. The van der Waals surface area contributed by atoms with E-state index in [-0.39, 0.29) is 0 Å². The van der Waals surface area contributed by atoms with Crippen molar-refractivity contribution in [1.82, 2.24) is 5.32 Å². The van der Waals surface area contributed by atoms with E-state index >= 15 is 0 Å². The zero-order chi connectivity index (χ0) is 16.7. The summed E-state index contributed by atoms with van der Waals surface area (Å²) >= 11 is 0. The Morgan fingerprint density at radius 2 is 1.74 bits per heavy atom. The molecule has 0 aliphatic rings. The van der Waals surface area contributed by atoms with Gasteiger partial charge < -0.3 is 15.6 Å². The number of nitrogens with two attached hydrogens (primary N) is 1. The molecule has 1 amide bonds. The van der Waals surface area contributed by atoms with Gasteiger partial charge in [-0.05, 0) is 30.2 Å². The van der Waals surface area contributed by atoms with Crippen molar-refractivity contribution >= 4 is 5.91 Å². The topological polar surface area (TPSA) is 84.6 Å². The Morgan fingerprint density at radius 3 is 2.30 bits per heavy atom. The van der Waals surface area contributed by atoms with Crippen LogP contribution in [0, 0.1) is 0 Å². The van der Waals surface area contributed by atoms with Crippen molar-refractivity contribution in [3.05, 3.63) is 65.7 Å². The number of para-hydroxylation sites is 1. The van der Waals surface area contributed by atoms with Crippen LogP contribution in [0.1, 0.15) is 18.1 Å². The molecule has 0 saturated heterocycles. The summed E-state index contributed by atoms with van der Waals surface area (Å²) < 4.78 is 5.68. The first-order chi connectivity index (χ1) is 11.1. The van der Waals surface area contributed by atoms with Crippen molar-refractivity contribution < 1.29 is 14.6 Å². The van der Waals surface area contributed by atoms with Crippen LogP contribution in [0.15, 0.2) is 54.6 Å². The molecular weight excluding hydrogens is 292 g/mol. The van der Waals surface area contributed by atoms with Crippen LogP contribution in [0.4, 0.5) is 0 Å². The molecule has 0 spiro atoms. The number of hydrogen-bond donors (Lipinski definition) is 3. The number of primary amides is 1. The summed E-state index contributed by atoms with van der Waals surface area (Å²) in [6.07, 6.45) is -0.828. The molecule has 2 unspecified atom stereocenters. The van der Waals surface area contributed by atoms with Crippen LogP contribution in [0.3, 0.4) is 0 Å². The molecule has 5 nitrogen and oxygen atoms in total. The highest BCUT2D eigenvalue weighted by molar-refractivity contribution is 5.80. The fraction of sp³-hybridized carbons (Fsp3) is 0.278. The Hall–Kier alpha value is -2.37. The van der Waals surface area contributed by atoms with Crippen LogP contribution in [0.5, 0.6) is 5.75 Å². The standard InChI is InChI=1S/C18H22N2O3/c1-13(21)17(18(19)22)20-11-14-7-9-15(10-8-14)12-23-16-5-3-2-4-6-16/h2-10,13,17,20-21H,11-12H2,1H3,(H2,19,22). The highest BCUT2D eigenvalue weighted by atomic mass is 16.5. The summed E-state index contributed by atoms with van der Waals surface area (Å²) in [7, 11) is 0. The third-order valence-electron chi connectivity index (χ3n) is 3.49. The van der Waals surface area contributed by atoms with Crippen molar-refractivity contribution in [2.45, 2.75) is 32.2 Å². The maximum atomic E-state index is 11.2. The SMILES string of the molecule is CC(O)C(NCc1ccc(COc2ccccc2)cc1)C(N)=O. The highest BCUT2D eigenvalue weighted by Gasteiger charge is 2.19. The number of nitrogens with one attached hydrogen (secondary N) is 1.